The van der Waals surface area contributed by atoms with E-state index in [-0.39, 0.29) is 11.8 Å². The van der Waals surface area contributed by atoms with Gasteiger partial charge in [-0.15, -0.1) is 0 Å². The van der Waals surface area contributed by atoms with E-state index >= 15 is 0 Å². The average Bonchev–Trinajstić information content (AvgIpc) is 2.90. The molecule has 1 aromatic carbocycles. The molecule has 0 bridgehead atoms. The molecule has 1 aromatic heterocycles. The minimum atomic E-state index is 0.163. The van der Waals surface area contributed by atoms with Crippen LogP contribution in [0.15, 0.2) is 24.3 Å². The highest BCUT2D eigenvalue weighted by Crippen LogP contribution is 2.31. The second-order valence-corrected chi connectivity index (χ2v) is 5.85. The molecule has 0 aliphatic carbocycles. The number of nitrogens with zero attached hydrogens (tertiary/aromatic N) is 2. The largest absolute Gasteiger partial charge is 0.359 e. The number of anilines is 1. The van der Waals surface area contributed by atoms with Gasteiger partial charge >= 0.3 is 0 Å². The number of para-hydroxylation sites is 1. The molecular formula is C14H17N3OS. The van der Waals surface area contributed by atoms with Crippen molar-refractivity contribution in [3.63, 3.8) is 0 Å². The SMILES string of the molecule is CNC(=O)C1CCN(c2nc3ccccc3s2)CC1. The van der Waals surface area contributed by atoms with Crippen LogP contribution in [0.1, 0.15) is 12.8 Å². The molecular weight excluding hydrogens is 258 g/mol. The van der Waals surface area contributed by atoms with Crippen molar-refractivity contribution in [2.75, 3.05) is 25.0 Å². The van der Waals surface area contributed by atoms with Crippen molar-refractivity contribution < 1.29 is 4.79 Å². The van der Waals surface area contributed by atoms with Crippen molar-refractivity contribution in [1.82, 2.24) is 10.3 Å². The number of hydrogen-bond acceptors (Lipinski definition) is 4. The maximum absolute atomic E-state index is 11.6. The van der Waals surface area contributed by atoms with Gasteiger partial charge in [-0.2, -0.15) is 0 Å². The molecule has 1 aliphatic heterocycles. The maximum Gasteiger partial charge on any atom is 0.222 e. The lowest BCUT2D eigenvalue weighted by Gasteiger charge is -2.30. The molecule has 1 saturated heterocycles. The first kappa shape index (κ1) is 12.4. The molecule has 2 heterocycles. The number of rotatable bonds is 2. The van der Waals surface area contributed by atoms with Crippen molar-refractivity contribution in [1.29, 1.82) is 0 Å². The molecule has 0 radical (unpaired) electrons. The molecule has 1 aliphatic rings. The first-order valence-electron chi connectivity index (χ1n) is 6.60. The Morgan fingerprint density at radius 3 is 2.79 bits per heavy atom. The van der Waals surface area contributed by atoms with Gasteiger partial charge in [0.1, 0.15) is 0 Å². The Kier molecular flexibility index (Phi) is 3.38. The highest BCUT2D eigenvalue weighted by molar-refractivity contribution is 7.22. The highest BCUT2D eigenvalue weighted by Gasteiger charge is 2.25. The van der Waals surface area contributed by atoms with Crippen LogP contribution in [-0.4, -0.2) is 31.0 Å². The number of hydrogen-bond donors (Lipinski definition) is 1. The number of fused-ring (bicyclic) bond motifs is 1. The quantitative estimate of drug-likeness (QED) is 0.914. The van der Waals surface area contributed by atoms with Crippen molar-refractivity contribution in [3.05, 3.63) is 24.3 Å². The zero-order valence-electron chi connectivity index (χ0n) is 10.9. The Bertz CT molecular complexity index is 554. The topological polar surface area (TPSA) is 45.2 Å². The molecule has 2 aromatic rings. The fourth-order valence-electron chi connectivity index (χ4n) is 2.53. The van der Waals surface area contributed by atoms with Crippen LogP contribution >= 0.6 is 11.3 Å². The summed E-state index contributed by atoms with van der Waals surface area (Å²) >= 11 is 1.73. The summed E-state index contributed by atoms with van der Waals surface area (Å²) in [6, 6.07) is 8.21. The van der Waals surface area contributed by atoms with E-state index < -0.39 is 0 Å². The predicted octanol–water partition coefficient (Wildman–Crippen LogP) is 2.26. The molecule has 1 amide bonds. The van der Waals surface area contributed by atoms with Crippen LogP contribution in [0.2, 0.25) is 0 Å². The third-order valence-electron chi connectivity index (χ3n) is 3.67. The number of carbonyl (C=O) groups excluding carboxylic acids is 1. The van der Waals surface area contributed by atoms with E-state index in [4.69, 9.17) is 0 Å². The third-order valence-corrected chi connectivity index (χ3v) is 4.76. The molecule has 0 saturated carbocycles. The van der Waals surface area contributed by atoms with E-state index in [1.165, 1.54) is 4.70 Å². The van der Waals surface area contributed by atoms with Gasteiger partial charge in [0.15, 0.2) is 5.13 Å². The summed E-state index contributed by atoms with van der Waals surface area (Å²) < 4.78 is 1.23. The maximum atomic E-state index is 11.6. The standard InChI is InChI=1S/C14H17N3OS/c1-15-13(18)10-6-8-17(9-7-10)14-16-11-4-2-3-5-12(11)19-14/h2-5,10H,6-9H2,1H3,(H,15,18). The van der Waals surface area contributed by atoms with Gasteiger partial charge in [0.25, 0.3) is 0 Å². The van der Waals surface area contributed by atoms with Crippen molar-refractivity contribution in [3.8, 4) is 0 Å². The molecule has 5 heteroatoms. The summed E-state index contributed by atoms with van der Waals surface area (Å²) in [7, 11) is 1.71. The smallest absolute Gasteiger partial charge is 0.222 e. The molecule has 0 spiro atoms. The summed E-state index contributed by atoms with van der Waals surface area (Å²) in [5, 5.41) is 3.82. The van der Waals surface area contributed by atoms with E-state index in [9.17, 15) is 4.79 Å². The van der Waals surface area contributed by atoms with Gasteiger partial charge < -0.3 is 10.2 Å². The van der Waals surface area contributed by atoms with Crippen LogP contribution in [0.3, 0.4) is 0 Å². The normalized spacial score (nSPS) is 16.8. The number of carbonyl (C=O) groups is 1. The Labute approximate surface area is 116 Å². The molecule has 19 heavy (non-hydrogen) atoms. The summed E-state index contributed by atoms with van der Waals surface area (Å²) in [6.07, 6.45) is 1.82. The van der Waals surface area contributed by atoms with Gasteiger partial charge in [-0.05, 0) is 25.0 Å². The monoisotopic (exact) mass is 275 g/mol. The number of aromatic nitrogens is 1. The van der Waals surface area contributed by atoms with Gasteiger partial charge in [0, 0.05) is 26.1 Å². The first-order valence-corrected chi connectivity index (χ1v) is 7.41. The highest BCUT2D eigenvalue weighted by atomic mass is 32.1. The molecule has 0 unspecified atom stereocenters. The van der Waals surface area contributed by atoms with Crippen LogP contribution < -0.4 is 10.2 Å². The average molecular weight is 275 g/mol. The number of amides is 1. The van der Waals surface area contributed by atoms with Gasteiger partial charge in [0.2, 0.25) is 5.91 Å². The summed E-state index contributed by atoms with van der Waals surface area (Å²) in [5.41, 5.74) is 1.07. The number of benzene rings is 1. The van der Waals surface area contributed by atoms with Gasteiger partial charge in [-0.1, -0.05) is 23.5 Å². The minimum Gasteiger partial charge on any atom is -0.359 e. The summed E-state index contributed by atoms with van der Waals surface area (Å²) in [4.78, 5) is 18.6. The zero-order valence-corrected chi connectivity index (χ0v) is 11.7. The molecule has 4 nitrogen and oxygen atoms in total. The van der Waals surface area contributed by atoms with E-state index in [1.54, 1.807) is 18.4 Å². The predicted molar refractivity (Wildman–Crippen MR) is 78.6 cm³/mol. The first-order chi connectivity index (χ1) is 9.28. The lowest BCUT2D eigenvalue weighted by molar-refractivity contribution is -0.125. The number of piperidine rings is 1. The van der Waals surface area contributed by atoms with E-state index in [1.807, 2.05) is 18.2 Å². The fourth-order valence-corrected chi connectivity index (χ4v) is 3.55. The fraction of sp³-hybridized carbons (Fsp3) is 0.429. The third kappa shape index (κ3) is 2.42. The molecule has 0 atom stereocenters. The van der Waals surface area contributed by atoms with Crippen LogP contribution in [0.25, 0.3) is 10.2 Å². The van der Waals surface area contributed by atoms with Crippen LogP contribution in [0, 0.1) is 5.92 Å². The van der Waals surface area contributed by atoms with Crippen molar-refractivity contribution >= 4 is 32.6 Å². The van der Waals surface area contributed by atoms with E-state index in [0.717, 1.165) is 36.6 Å². The molecule has 3 rings (SSSR count). The number of nitrogens with one attached hydrogen (secondary N) is 1. The zero-order chi connectivity index (χ0) is 13.2. The van der Waals surface area contributed by atoms with Crippen LogP contribution in [-0.2, 0) is 4.79 Å². The molecule has 1 N–H and O–H groups in total. The minimum absolute atomic E-state index is 0.163. The summed E-state index contributed by atoms with van der Waals surface area (Å²) in [6.45, 7) is 1.83. The van der Waals surface area contributed by atoms with Crippen molar-refractivity contribution in [2.24, 2.45) is 5.92 Å². The Balaban J connectivity index is 1.72. The van der Waals surface area contributed by atoms with Gasteiger partial charge in [0.05, 0.1) is 10.2 Å². The number of thiazole rings is 1. The lowest BCUT2D eigenvalue weighted by Crippen LogP contribution is -2.39. The molecule has 1 fully saturated rings. The lowest BCUT2D eigenvalue weighted by atomic mass is 9.96. The van der Waals surface area contributed by atoms with Gasteiger partial charge in [-0.25, -0.2) is 4.98 Å². The van der Waals surface area contributed by atoms with E-state index in [2.05, 4.69) is 21.3 Å². The molecule has 100 valence electrons. The Morgan fingerprint density at radius 2 is 2.11 bits per heavy atom. The Hall–Kier alpha value is -1.62. The van der Waals surface area contributed by atoms with E-state index in [0.29, 0.717) is 0 Å². The summed E-state index contributed by atoms with van der Waals surface area (Å²) in [5.74, 6) is 0.333. The van der Waals surface area contributed by atoms with Gasteiger partial charge in [-0.3, -0.25) is 4.79 Å². The van der Waals surface area contributed by atoms with Crippen LogP contribution in [0.4, 0.5) is 5.13 Å². The van der Waals surface area contributed by atoms with Crippen molar-refractivity contribution in [2.45, 2.75) is 12.8 Å². The Morgan fingerprint density at radius 1 is 1.37 bits per heavy atom. The second-order valence-electron chi connectivity index (χ2n) is 4.84. The van der Waals surface area contributed by atoms with Crippen LogP contribution in [0.5, 0.6) is 0 Å². The second kappa shape index (κ2) is 5.17.